The summed E-state index contributed by atoms with van der Waals surface area (Å²) in [5.74, 6) is -1.18. The Kier molecular flexibility index (Phi) is 9.66. The molecule has 4 rings (SSSR count). The summed E-state index contributed by atoms with van der Waals surface area (Å²) in [6, 6.07) is 18.5. The van der Waals surface area contributed by atoms with Gasteiger partial charge in [0.25, 0.3) is 5.91 Å². The summed E-state index contributed by atoms with van der Waals surface area (Å²) in [4.78, 5) is 39.3. The van der Waals surface area contributed by atoms with Crippen LogP contribution in [0.4, 0.5) is 10.1 Å². The van der Waals surface area contributed by atoms with Crippen LogP contribution in [0.5, 0.6) is 11.5 Å². The molecule has 1 saturated carbocycles. The van der Waals surface area contributed by atoms with E-state index in [4.69, 9.17) is 9.47 Å². The molecule has 1 N–H and O–H groups in total. The van der Waals surface area contributed by atoms with Crippen molar-refractivity contribution < 1.29 is 28.4 Å². The number of nitro benzene ring substituents is 1. The fourth-order valence-electron chi connectivity index (χ4n) is 4.86. The van der Waals surface area contributed by atoms with Crippen LogP contribution in [0.15, 0.2) is 72.8 Å². The lowest BCUT2D eigenvalue weighted by molar-refractivity contribution is -0.385. The van der Waals surface area contributed by atoms with Crippen molar-refractivity contribution in [3.05, 3.63) is 99.9 Å². The van der Waals surface area contributed by atoms with Crippen molar-refractivity contribution in [2.45, 2.75) is 50.7 Å². The zero-order valence-electron chi connectivity index (χ0n) is 22.3. The summed E-state index contributed by atoms with van der Waals surface area (Å²) in [6.07, 6.45) is 4.02. The van der Waals surface area contributed by atoms with Crippen LogP contribution in [0.2, 0.25) is 0 Å². The summed E-state index contributed by atoms with van der Waals surface area (Å²) in [5.41, 5.74) is 0.870. The van der Waals surface area contributed by atoms with Crippen LogP contribution < -0.4 is 14.8 Å². The van der Waals surface area contributed by atoms with E-state index in [0.717, 1.165) is 31.2 Å². The first-order chi connectivity index (χ1) is 19.4. The first kappa shape index (κ1) is 28.5. The number of rotatable bonds is 12. The van der Waals surface area contributed by atoms with Crippen LogP contribution in [0.1, 0.15) is 36.8 Å². The normalized spacial score (nSPS) is 13.8. The third-order valence-electron chi connectivity index (χ3n) is 6.98. The molecular weight excluding hydrogens is 517 g/mol. The molecule has 1 fully saturated rings. The topological polar surface area (TPSA) is 111 Å². The molecule has 0 unspecified atom stereocenters. The highest BCUT2D eigenvalue weighted by Gasteiger charge is 2.33. The van der Waals surface area contributed by atoms with Crippen molar-refractivity contribution in [3.63, 3.8) is 0 Å². The number of methoxy groups -OCH3 is 1. The van der Waals surface area contributed by atoms with E-state index in [1.54, 1.807) is 18.2 Å². The highest BCUT2D eigenvalue weighted by molar-refractivity contribution is 5.88. The summed E-state index contributed by atoms with van der Waals surface area (Å²) < 4.78 is 25.5. The quantitative estimate of drug-likeness (QED) is 0.256. The zero-order valence-corrected chi connectivity index (χ0v) is 22.3. The number of nitro groups is 1. The van der Waals surface area contributed by atoms with Gasteiger partial charge in [0.1, 0.15) is 17.6 Å². The second kappa shape index (κ2) is 13.5. The third kappa shape index (κ3) is 7.34. The molecule has 0 bridgehead atoms. The minimum absolute atomic E-state index is 0.0175. The van der Waals surface area contributed by atoms with Crippen molar-refractivity contribution in [2.24, 2.45) is 0 Å². The summed E-state index contributed by atoms with van der Waals surface area (Å²) in [7, 11) is 1.30. The molecule has 3 aromatic carbocycles. The average molecular weight is 550 g/mol. The lowest BCUT2D eigenvalue weighted by Gasteiger charge is -2.32. The van der Waals surface area contributed by atoms with Gasteiger partial charge in [-0.05, 0) is 30.5 Å². The minimum Gasteiger partial charge on any atom is -0.490 e. The summed E-state index contributed by atoms with van der Waals surface area (Å²) >= 11 is 0. The Bertz CT molecular complexity index is 1330. The molecule has 9 nitrogen and oxygen atoms in total. The zero-order chi connectivity index (χ0) is 28.5. The predicted octanol–water partition coefficient (Wildman–Crippen LogP) is 4.82. The van der Waals surface area contributed by atoms with Crippen LogP contribution >= 0.6 is 0 Å². The Hall–Kier alpha value is -4.47. The van der Waals surface area contributed by atoms with Crippen molar-refractivity contribution in [1.29, 1.82) is 0 Å². The summed E-state index contributed by atoms with van der Waals surface area (Å²) in [6.45, 7) is -0.620. The monoisotopic (exact) mass is 549 g/mol. The van der Waals surface area contributed by atoms with E-state index in [1.165, 1.54) is 36.3 Å². The van der Waals surface area contributed by atoms with Gasteiger partial charge in [0.2, 0.25) is 11.7 Å². The number of nitrogens with zero attached hydrogens (tertiary/aromatic N) is 2. The molecule has 1 aliphatic rings. The van der Waals surface area contributed by atoms with Gasteiger partial charge < -0.3 is 19.7 Å². The Morgan fingerprint density at radius 2 is 1.77 bits per heavy atom. The van der Waals surface area contributed by atoms with E-state index >= 15 is 0 Å². The number of benzene rings is 3. The molecule has 0 spiro atoms. The maximum atomic E-state index is 14.7. The van der Waals surface area contributed by atoms with E-state index in [1.807, 2.05) is 30.3 Å². The predicted molar refractivity (Wildman–Crippen MR) is 146 cm³/mol. The van der Waals surface area contributed by atoms with Gasteiger partial charge in [0, 0.05) is 36.7 Å². The number of hydrogen-bond donors (Lipinski definition) is 1. The Labute approximate surface area is 232 Å². The van der Waals surface area contributed by atoms with Crippen LogP contribution in [0.3, 0.4) is 0 Å². The molecule has 0 radical (unpaired) electrons. The van der Waals surface area contributed by atoms with Crippen molar-refractivity contribution >= 4 is 17.5 Å². The maximum absolute atomic E-state index is 14.7. The first-order valence-electron chi connectivity index (χ1n) is 13.2. The molecular formula is C30H32FN3O6. The number of hydrogen-bond acceptors (Lipinski definition) is 6. The summed E-state index contributed by atoms with van der Waals surface area (Å²) in [5, 5.41) is 14.3. The standard InChI is InChI=1S/C30H32FN3O6/c1-39-28-18-24(15-16-26(28)34(37)38)40-20-29(35)33(19-22-11-5-8-14-25(22)31)27(17-21-9-3-2-4-10-21)30(36)32-23-12-6-7-13-23/h2-5,8-11,14-16,18,23,27H,6-7,12-13,17,19-20H2,1H3,(H,32,36)/t27-/m0/s1. The number of ether oxygens (including phenoxy) is 2. The smallest absolute Gasteiger partial charge is 0.311 e. The molecule has 1 aliphatic carbocycles. The van der Waals surface area contributed by atoms with E-state index in [9.17, 15) is 24.1 Å². The van der Waals surface area contributed by atoms with Crippen LogP contribution in [0.25, 0.3) is 0 Å². The number of halogens is 1. The molecule has 0 aromatic heterocycles. The molecule has 210 valence electrons. The molecule has 0 saturated heterocycles. The van der Waals surface area contributed by atoms with Crippen LogP contribution in [0, 0.1) is 15.9 Å². The number of nitrogens with one attached hydrogen (secondary N) is 1. The molecule has 2 amide bonds. The molecule has 0 aliphatic heterocycles. The lowest BCUT2D eigenvalue weighted by atomic mass is 10.0. The van der Waals surface area contributed by atoms with Gasteiger partial charge in [-0.1, -0.05) is 61.4 Å². The van der Waals surface area contributed by atoms with Gasteiger partial charge in [-0.15, -0.1) is 0 Å². The molecule has 3 aromatic rings. The minimum atomic E-state index is -0.926. The number of carbonyl (C=O) groups excluding carboxylic acids is 2. The van der Waals surface area contributed by atoms with Crippen LogP contribution in [-0.4, -0.2) is 47.4 Å². The first-order valence-corrected chi connectivity index (χ1v) is 13.2. The fraction of sp³-hybridized carbons (Fsp3) is 0.333. The van der Waals surface area contributed by atoms with Gasteiger partial charge in [-0.2, -0.15) is 0 Å². The van der Waals surface area contributed by atoms with Crippen molar-refractivity contribution in [1.82, 2.24) is 10.2 Å². The van der Waals surface area contributed by atoms with Gasteiger partial charge in [-0.3, -0.25) is 19.7 Å². The van der Waals surface area contributed by atoms with Gasteiger partial charge >= 0.3 is 5.69 Å². The van der Waals surface area contributed by atoms with E-state index < -0.39 is 29.3 Å². The Morgan fingerprint density at radius 3 is 2.45 bits per heavy atom. The third-order valence-corrected chi connectivity index (χ3v) is 6.98. The molecule has 40 heavy (non-hydrogen) atoms. The van der Waals surface area contributed by atoms with Crippen molar-refractivity contribution in [2.75, 3.05) is 13.7 Å². The van der Waals surface area contributed by atoms with Gasteiger partial charge in [0.05, 0.1) is 12.0 Å². The van der Waals surface area contributed by atoms with Crippen LogP contribution in [-0.2, 0) is 22.6 Å². The molecule has 0 heterocycles. The van der Waals surface area contributed by atoms with Gasteiger partial charge in [0.15, 0.2) is 6.61 Å². The lowest BCUT2D eigenvalue weighted by Crippen LogP contribution is -2.53. The second-order valence-corrected chi connectivity index (χ2v) is 9.69. The van der Waals surface area contributed by atoms with E-state index in [2.05, 4.69) is 5.32 Å². The highest BCUT2D eigenvalue weighted by Crippen LogP contribution is 2.31. The SMILES string of the molecule is COc1cc(OCC(=O)N(Cc2ccccc2F)[C@@H](Cc2ccccc2)C(=O)NC2CCCC2)ccc1[N+](=O)[O-]. The average Bonchev–Trinajstić information content (AvgIpc) is 3.47. The molecule has 10 heteroatoms. The van der Waals surface area contributed by atoms with E-state index in [-0.39, 0.29) is 47.7 Å². The van der Waals surface area contributed by atoms with Crippen molar-refractivity contribution in [3.8, 4) is 11.5 Å². The maximum Gasteiger partial charge on any atom is 0.311 e. The largest absolute Gasteiger partial charge is 0.490 e. The number of carbonyl (C=O) groups is 2. The fourth-order valence-corrected chi connectivity index (χ4v) is 4.86. The second-order valence-electron chi connectivity index (χ2n) is 9.69. The van der Waals surface area contributed by atoms with Gasteiger partial charge in [-0.25, -0.2) is 4.39 Å². The number of amides is 2. The van der Waals surface area contributed by atoms with E-state index in [0.29, 0.717) is 0 Å². The highest BCUT2D eigenvalue weighted by atomic mass is 19.1. The molecule has 1 atom stereocenters. The Balaban J connectivity index is 1.62. The Morgan fingerprint density at radius 1 is 1.07 bits per heavy atom.